The van der Waals surface area contributed by atoms with Gasteiger partial charge in [-0.1, -0.05) is 12.8 Å². The zero-order valence-electron chi connectivity index (χ0n) is 11.3. The van der Waals surface area contributed by atoms with Crippen molar-refractivity contribution in [3.8, 4) is 0 Å². The van der Waals surface area contributed by atoms with Crippen LogP contribution in [0.2, 0.25) is 0 Å². The molecule has 1 saturated heterocycles. The van der Waals surface area contributed by atoms with Gasteiger partial charge in [-0.25, -0.2) is 0 Å². The number of fused-ring (bicyclic) bond motifs is 2. The fraction of sp³-hybridized carbons (Fsp3) is 0.933. The van der Waals surface area contributed by atoms with Gasteiger partial charge in [-0.15, -0.1) is 0 Å². The summed E-state index contributed by atoms with van der Waals surface area (Å²) >= 11 is 0. The van der Waals surface area contributed by atoms with Gasteiger partial charge < -0.3 is 10.6 Å². The number of carbonyl (C=O) groups excluding carboxylic acids is 1. The Kier molecular flexibility index (Phi) is 3.88. The third-order valence-corrected chi connectivity index (χ3v) is 5.29. The van der Waals surface area contributed by atoms with Gasteiger partial charge in [0.05, 0.1) is 0 Å². The summed E-state index contributed by atoms with van der Waals surface area (Å²) in [6.45, 7) is 1.95. The largest absolute Gasteiger partial charge is 0.355 e. The number of rotatable bonds is 4. The van der Waals surface area contributed by atoms with Crippen molar-refractivity contribution in [3.05, 3.63) is 0 Å². The van der Waals surface area contributed by atoms with Crippen molar-refractivity contribution >= 4 is 5.91 Å². The number of nitrogens with one attached hydrogen (secondary N) is 2. The number of amides is 1. The summed E-state index contributed by atoms with van der Waals surface area (Å²) < 4.78 is 0. The fourth-order valence-electron chi connectivity index (χ4n) is 4.27. The molecule has 0 aromatic carbocycles. The first-order valence-corrected chi connectivity index (χ1v) is 7.81. The van der Waals surface area contributed by atoms with E-state index in [0.29, 0.717) is 17.9 Å². The molecule has 0 aromatic rings. The number of carbonyl (C=O) groups is 1. The lowest BCUT2D eigenvalue weighted by molar-refractivity contribution is -0.122. The van der Waals surface area contributed by atoms with E-state index in [0.717, 1.165) is 31.3 Å². The molecule has 102 valence electrons. The minimum atomic E-state index is 0.292. The highest BCUT2D eigenvalue weighted by Crippen LogP contribution is 2.49. The van der Waals surface area contributed by atoms with Crippen LogP contribution in [-0.4, -0.2) is 25.0 Å². The van der Waals surface area contributed by atoms with Crippen molar-refractivity contribution < 1.29 is 4.79 Å². The third kappa shape index (κ3) is 2.87. The highest BCUT2D eigenvalue weighted by molar-refractivity contribution is 5.76. The van der Waals surface area contributed by atoms with Crippen LogP contribution in [0.25, 0.3) is 0 Å². The lowest BCUT2D eigenvalue weighted by atomic mass is 9.86. The van der Waals surface area contributed by atoms with Crippen LogP contribution in [0.3, 0.4) is 0 Å². The van der Waals surface area contributed by atoms with Crippen LogP contribution in [0.1, 0.15) is 51.4 Å². The molecule has 3 heteroatoms. The topological polar surface area (TPSA) is 41.1 Å². The van der Waals surface area contributed by atoms with E-state index in [9.17, 15) is 4.79 Å². The minimum Gasteiger partial charge on any atom is -0.355 e. The van der Waals surface area contributed by atoms with Gasteiger partial charge in [-0.3, -0.25) is 4.79 Å². The molecule has 2 N–H and O–H groups in total. The van der Waals surface area contributed by atoms with Gasteiger partial charge in [0.15, 0.2) is 0 Å². The van der Waals surface area contributed by atoms with Crippen LogP contribution in [0.15, 0.2) is 0 Å². The molecule has 2 saturated carbocycles. The Morgan fingerprint density at radius 2 is 2.11 bits per heavy atom. The number of piperidine rings is 1. The van der Waals surface area contributed by atoms with Crippen molar-refractivity contribution in [2.75, 3.05) is 13.1 Å². The smallest absolute Gasteiger partial charge is 0.220 e. The monoisotopic (exact) mass is 250 g/mol. The summed E-state index contributed by atoms with van der Waals surface area (Å²) in [5.74, 6) is 2.81. The Labute approximate surface area is 110 Å². The van der Waals surface area contributed by atoms with Gasteiger partial charge in [0, 0.05) is 19.0 Å². The van der Waals surface area contributed by atoms with E-state index < -0.39 is 0 Å². The Bertz CT molecular complexity index is 299. The van der Waals surface area contributed by atoms with Crippen LogP contribution in [0, 0.1) is 17.8 Å². The van der Waals surface area contributed by atoms with Crippen LogP contribution in [-0.2, 0) is 4.79 Å². The maximum Gasteiger partial charge on any atom is 0.220 e. The molecular weight excluding hydrogens is 224 g/mol. The maximum atomic E-state index is 12.0. The summed E-state index contributed by atoms with van der Waals surface area (Å²) in [4.78, 5) is 12.0. The summed E-state index contributed by atoms with van der Waals surface area (Å²) in [6.07, 6.45) is 10.1. The van der Waals surface area contributed by atoms with E-state index in [4.69, 9.17) is 0 Å². The molecule has 4 atom stereocenters. The number of hydrogen-bond donors (Lipinski definition) is 2. The van der Waals surface area contributed by atoms with E-state index in [-0.39, 0.29) is 0 Å². The van der Waals surface area contributed by atoms with Crippen molar-refractivity contribution in [3.63, 3.8) is 0 Å². The highest BCUT2D eigenvalue weighted by atomic mass is 16.1. The Hall–Kier alpha value is -0.570. The van der Waals surface area contributed by atoms with Gasteiger partial charge in [-0.05, 0) is 56.4 Å². The fourth-order valence-corrected chi connectivity index (χ4v) is 4.27. The quantitative estimate of drug-likeness (QED) is 0.802. The molecule has 1 heterocycles. The average molecular weight is 250 g/mol. The van der Waals surface area contributed by atoms with E-state index >= 15 is 0 Å². The number of hydrogen-bond acceptors (Lipinski definition) is 2. The molecule has 3 nitrogen and oxygen atoms in total. The summed E-state index contributed by atoms with van der Waals surface area (Å²) in [7, 11) is 0. The van der Waals surface area contributed by atoms with E-state index in [2.05, 4.69) is 10.6 Å². The summed E-state index contributed by atoms with van der Waals surface area (Å²) in [5, 5.41) is 6.62. The lowest BCUT2D eigenvalue weighted by Gasteiger charge is -2.25. The normalized spacial score (nSPS) is 38.9. The molecule has 0 radical (unpaired) electrons. The molecule has 2 bridgehead atoms. The summed E-state index contributed by atoms with van der Waals surface area (Å²) in [6, 6.07) is 0.516. The van der Waals surface area contributed by atoms with Crippen molar-refractivity contribution in [2.45, 2.75) is 57.4 Å². The molecule has 3 rings (SSSR count). The zero-order chi connectivity index (χ0) is 12.4. The van der Waals surface area contributed by atoms with Gasteiger partial charge in [0.2, 0.25) is 5.91 Å². The summed E-state index contributed by atoms with van der Waals surface area (Å²) in [5.41, 5.74) is 0. The first-order chi connectivity index (χ1) is 8.81. The second-order valence-electron chi connectivity index (χ2n) is 6.59. The SMILES string of the molecule is O=C(CC1CC2CCC1C2)NCC1CCCCN1. The molecule has 3 aliphatic rings. The van der Waals surface area contributed by atoms with E-state index in [1.54, 1.807) is 0 Å². The molecule has 3 fully saturated rings. The molecule has 1 amide bonds. The standard InChI is InChI=1S/C15H26N2O/c18-15(17-10-14-3-1-2-6-16-14)9-13-8-11-4-5-12(13)7-11/h11-14,16H,1-10H2,(H,17,18). The highest BCUT2D eigenvalue weighted by Gasteiger charge is 2.40. The van der Waals surface area contributed by atoms with Crippen molar-refractivity contribution in [2.24, 2.45) is 17.8 Å². The Balaban J connectivity index is 1.36. The molecule has 4 unspecified atom stereocenters. The zero-order valence-corrected chi connectivity index (χ0v) is 11.3. The van der Waals surface area contributed by atoms with Gasteiger partial charge >= 0.3 is 0 Å². The second kappa shape index (κ2) is 5.60. The molecule has 0 aromatic heterocycles. The van der Waals surface area contributed by atoms with E-state index in [1.807, 2.05) is 0 Å². The predicted octanol–water partition coefficient (Wildman–Crippen LogP) is 2.07. The minimum absolute atomic E-state index is 0.292. The predicted molar refractivity (Wildman–Crippen MR) is 72.2 cm³/mol. The van der Waals surface area contributed by atoms with Crippen LogP contribution >= 0.6 is 0 Å². The van der Waals surface area contributed by atoms with E-state index in [1.165, 1.54) is 44.9 Å². The molecule has 1 aliphatic heterocycles. The first kappa shape index (κ1) is 12.5. The van der Waals surface area contributed by atoms with Crippen LogP contribution in [0.5, 0.6) is 0 Å². The second-order valence-corrected chi connectivity index (χ2v) is 6.59. The van der Waals surface area contributed by atoms with Crippen LogP contribution < -0.4 is 10.6 Å². The Morgan fingerprint density at radius 3 is 2.78 bits per heavy atom. The Morgan fingerprint density at radius 1 is 1.17 bits per heavy atom. The molecular formula is C15H26N2O. The van der Waals surface area contributed by atoms with Gasteiger partial charge in [0.25, 0.3) is 0 Å². The van der Waals surface area contributed by atoms with Gasteiger partial charge in [-0.2, -0.15) is 0 Å². The third-order valence-electron chi connectivity index (χ3n) is 5.29. The molecule has 18 heavy (non-hydrogen) atoms. The van der Waals surface area contributed by atoms with Crippen LogP contribution in [0.4, 0.5) is 0 Å². The van der Waals surface area contributed by atoms with Crippen molar-refractivity contribution in [1.29, 1.82) is 0 Å². The average Bonchev–Trinajstić information content (AvgIpc) is 3.00. The lowest BCUT2D eigenvalue weighted by Crippen LogP contribution is -2.43. The maximum absolute atomic E-state index is 12.0. The molecule has 2 aliphatic carbocycles. The van der Waals surface area contributed by atoms with Crippen molar-refractivity contribution in [1.82, 2.24) is 10.6 Å². The first-order valence-electron chi connectivity index (χ1n) is 7.81. The van der Waals surface area contributed by atoms with Gasteiger partial charge in [0.1, 0.15) is 0 Å². The molecule has 0 spiro atoms.